The first-order valence-corrected chi connectivity index (χ1v) is 8.93. The smallest absolute Gasteiger partial charge is 0.321 e. The number of para-hydroxylation sites is 1. The van der Waals surface area contributed by atoms with Crippen LogP contribution in [0.15, 0.2) is 42.1 Å². The summed E-state index contributed by atoms with van der Waals surface area (Å²) in [5, 5.41) is 12.5. The highest BCUT2D eigenvalue weighted by atomic mass is 32.2. The maximum absolute atomic E-state index is 13.7. The van der Waals surface area contributed by atoms with E-state index < -0.39 is 23.0 Å². The lowest BCUT2D eigenvalue weighted by atomic mass is 10.3. The molecule has 1 atom stereocenters. The van der Waals surface area contributed by atoms with Gasteiger partial charge in [-0.3, -0.25) is 14.7 Å². The van der Waals surface area contributed by atoms with Crippen molar-refractivity contribution in [2.45, 2.75) is 30.5 Å². The number of urea groups is 1. The Morgan fingerprint density at radius 1 is 1.41 bits per heavy atom. The summed E-state index contributed by atoms with van der Waals surface area (Å²) < 4.78 is 20.9. The van der Waals surface area contributed by atoms with Crippen LogP contribution in [0.3, 0.4) is 0 Å². The summed E-state index contributed by atoms with van der Waals surface area (Å²) in [5.41, 5.74) is 0. The van der Waals surface area contributed by atoms with Crippen LogP contribution in [0, 0.1) is 5.82 Å². The molecular weight excluding hydrogens is 373 g/mol. The second kappa shape index (κ2) is 9.72. The third-order valence-electron chi connectivity index (χ3n) is 3.41. The van der Waals surface area contributed by atoms with Crippen molar-refractivity contribution in [3.05, 3.63) is 48.6 Å². The number of imide groups is 1. The zero-order valence-electron chi connectivity index (χ0n) is 14.9. The quantitative estimate of drug-likeness (QED) is 0.527. The van der Waals surface area contributed by atoms with Crippen LogP contribution in [0.5, 0.6) is 5.75 Å². The molecule has 0 unspecified atom stereocenters. The molecule has 1 aromatic heterocycles. The van der Waals surface area contributed by atoms with E-state index in [-0.39, 0.29) is 12.4 Å². The molecule has 0 fully saturated rings. The maximum atomic E-state index is 13.7. The van der Waals surface area contributed by atoms with Gasteiger partial charge in [-0.15, -0.1) is 16.8 Å². The molecule has 0 aliphatic rings. The van der Waals surface area contributed by atoms with E-state index in [9.17, 15) is 14.0 Å². The number of halogens is 1. The number of nitrogens with zero attached hydrogens (tertiary/aromatic N) is 3. The van der Waals surface area contributed by atoms with Gasteiger partial charge in [-0.1, -0.05) is 30.0 Å². The normalized spacial score (nSPS) is 11.5. The van der Waals surface area contributed by atoms with Crippen molar-refractivity contribution < 1.29 is 18.7 Å². The van der Waals surface area contributed by atoms with Crippen LogP contribution in [0.1, 0.15) is 12.7 Å². The predicted molar refractivity (Wildman–Crippen MR) is 98.9 cm³/mol. The molecule has 2 rings (SSSR count). The van der Waals surface area contributed by atoms with E-state index >= 15 is 0 Å². The molecule has 144 valence electrons. The molecule has 0 bridgehead atoms. The minimum atomic E-state index is -0.588. The molecule has 1 heterocycles. The van der Waals surface area contributed by atoms with Crippen molar-refractivity contribution in [1.82, 2.24) is 25.4 Å². The van der Waals surface area contributed by atoms with E-state index in [2.05, 4.69) is 27.4 Å². The fourth-order valence-electron chi connectivity index (χ4n) is 2.02. The molecule has 0 spiro atoms. The second-order valence-corrected chi connectivity index (χ2v) is 6.65. The lowest BCUT2D eigenvalue weighted by Gasteiger charge is -2.12. The van der Waals surface area contributed by atoms with Crippen LogP contribution in [-0.4, -0.2) is 39.0 Å². The van der Waals surface area contributed by atoms with E-state index in [4.69, 9.17) is 4.74 Å². The molecule has 2 N–H and O–H groups in total. The number of allylic oxidation sites excluding steroid dienone is 1. The Hall–Kier alpha value is -2.88. The lowest BCUT2D eigenvalue weighted by Crippen LogP contribution is -2.41. The lowest BCUT2D eigenvalue weighted by molar-refractivity contribution is -0.119. The molecule has 8 nitrogen and oxygen atoms in total. The van der Waals surface area contributed by atoms with Crippen molar-refractivity contribution in [2.75, 3.05) is 7.05 Å². The minimum absolute atomic E-state index is 0.00114. The molecule has 0 saturated heterocycles. The van der Waals surface area contributed by atoms with Crippen LogP contribution in [0.25, 0.3) is 0 Å². The third-order valence-corrected chi connectivity index (χ3v) is 4.49. The largest absolute Gasteiger partial charge is 0.483 e. The average Bonchev–Trinajstić information content (AvgIpc) is 3.02. The summed E-state index contributed by atoms with van der Waals surface area (Å²) >= 11 is 1.14. The Kier molecular flexibility index (Phi) is 7.35. The van der Waals surface area contributed by atoms with Crippen LogP contribution < -0.4 is 15.4 Å². The molecule has 0 aliphatic heterocycles. The molecule has 27 heavy (non-hydrogen) atoms. The monoisotopic (exact) mass is 393 g/mol. The van der Waals surface area contributed by atoms with Gasteiger partial charge in [0.05, 0.1) is 5.25 Å². The number of aromatic nitrogens is 3. The van der Waals surface area contributed by atoms with Gasteiger partial charge in [-0.2, -0.15) is 0 Å². The van der Waals surface area contributed by atoms with Gasteiger partial charge in [-0.05, 0) is 19.1 Å². The molecular formula is C17H20FN5O3S. The Bertz CT molecular complexity index is 827. The Labute approximate surface area is 160 Å². The zero-order valence-corrected chi connectivity index (χ0v) is 15.8. The van der Waals surface area contributed by atoms with Gasteiger partial charge >= 0.3 is 6.03 Å². The molecule has 3 amide bonds. The third kappa shape index (κ3) is 5.55. The number of rotatable bonds is 8. The van der Waals surface area contributed by atoms with E-state index in [0.29, 0.717) is 17.5 Å². The molecule has 10 heteroatoms. The van der Waals surface area contributed by atoms with Crippen molar-refractivity contribution in [1.29, 1.82) is 0 Å². The van der Waals surface area contributed by atoms with Gasteiger partial charge in [0, 0.05) is 13.6 Å². The SMILES string of the molecule is C=CCn1c(COc2ccccc2F)nnc1S[C@H](C)C(=O)NC(=O)NC. The summed E-state index contributed by atoms with van der Waals surface area (Å²) in [5.74, 6) is -0.365. The first kappa shape index (κ1) is 20.4. The summed E-state index contributed by atoms with van der Waals surface area (Å²) in [7, 11) is 1.42. The van der Waals surface area contributed by atoms with Crippen LogP contribution >= 0.6 is 11.8 Å². The van der Waals surface area contributed by atoms with Crippen LogP contribution in [0.4, 0.5) is 9.18 Å². The standard InChI is InChI=1S/C17H20FN5O3S/c1-4-9-23-14(10-26-13-8-6-5-7-12(13)18)21-22-17(23)27-11(2)15(24)20-16(25)19-3/h4-8,11H,1,9-10H2,2-3H3,(H2,19,20,24,25)/t11-/m1/s1. The van der Waals surface area contributed by atoms with Gasteiger partial charge < -0.3 is 10.1 Å². The first-order valence-electron chi connectivity index (χ1n) is 8.05. The number of thioether (sulfide) groups is 1. The number of nitrogens with one attached hydrogen (secondary N) is 2. The summed E-state index contributed by atoms with van der Waals surface area (Å²) in [6, 6.07) is 5.48. The van der Waals surface area contributed by atoms with Gasteiger partial charge in [0.2, 0.25) is 5.91 Å². The minimum Gasteiger partial charge on any atom is -0.483 e. The number of hydrogen-bond donors (Lipinski definition) is 2. The van der Waals surface area contributed by atoms with Crippen molar-refractivity contribution >= 4 is 23.7 Å². The van der Waals surface area contributed by atoms with Crippen molar-refractivity contribution in [2.24, 2.45) is 0 Å². The Morgan fingerprint density at radius 3 is 2.81 bits per heavy atom. The Morgan fingerprint density at radius 2 is 2.15 bits per heavy atom. The topological polar surface area (TPSA) is 98.1 Å². The van der Waals surface area contributed by atoms with Crippen molar-refractivity contribution in [3.63, 3.8) is 0 Å². The summed E-state index contributed by atoms with van der Waals surface area (Å²) in [4.78, 5) is 23.3. The first-order chi connectivity index (χ1) is 13.0. The molecule has 0 aliphatic carbocycles. The highest BCUT2D eigenvalue weighted by Crippen LogP contribution is 2.23. The maximum Gasteiger partial charge on any atom is 0.321 e. The summed E-state index contributed by atoms with van der Waals surface area (Å²) in [6.45, 7) is 5.73. The van der Waals surface area contributed by atoms with Crippen LogP contribution in [-0.2, 0) is 17.9 Å². The average molecular weight is 393 g/mol. The number of amides is 3. The van der Waals surface area contributed by atoms with Gasteiger partial charge in [0.1, 0.15) is 6.61 Å². The highest BCUT2D eigenvalue weighted by molar-refractivity contribution is 8.00. The van der Waals surface area contributed by atoms with Gasteiger partial charge in [0.25, 0.3) is 0 Å². The highest BCUT2D eigenvalue weighted by Gasteiger charge is 2.21. The molecule has 0 saturated carbocycles. The van der Waals surface area contributed by atoms with Crippen molar-refractivity contribution in [3.8, 4) is 5.75 Å². The van der Waals surface area contributed by atoms with E-state index in [0.717, 1.165) is 11.8 Å². The number of ether oxygens (including phenoxy) is 1. The van der Waals surface area contributed by atoms with E-state index in [1.54, 1.807) is 29.7 Å². The molecule has 0 radical (unpaired) electrons. The zero-order chi connectivity index (χ0) is 19.8. The van der Waals surface area contributed by atoms with E-state index in [1.807, 2.05) is 0 Å². The number of carbonyl (C=O) groups excluding carboxylic acids is 2. The number of benzene rings is 1. The predicted octanol–water partition coefficient (Wildman–Crippen LogP) is 2.12. The van der Waals surface area contributed by atoms with Crippen LogP contribution in [0.2, 0.25) is 0 Å². The fourth-order valence-corrected chi connectivity index (χ4v) is 2.89. The molecule has 2 aromatic rings. The second-order valence-electron chi connectivity index (χ2n) is 5.35. The van der Waals surface area contributed by atoms with Gasteiger partial charge in [0.15, 0.2) is 22.5 Å². The number of carbonyl (C=O) groups is 2. The fraction of sp³-hybridized carbons (Fsp3) is 0.294. The Balaban J connectivity index is 2.09. The molecule has 1 aromatic carbocycles. The summed E-state index contributed by atoms with van der Waals surface area (Å²) in [6.07, 6.45) is 1.65. The van der Waals surface area contributed by atoms with E-state index in [1.165, 1.54) is 19.2 Å². The number of hydrogen-bond acceptors (Lipinski definition) is 6. The van der Waals surface area contributed by atoms with Gasteiger partial charge in [-0.25, -0.2) is 9.18 Å².